The molecule has 1 spiro atoms. The highest BCUT2D eigenvalue weighted by molar-refractivity contribution is 5.65. The maximum atomic E-state index is 10.9. The van der Waals surface area contributed by atoms with E-state index in [4.69, 9.17) is 9.47 Å². The van der Waals surface area contributed by atoms with Crippen LogP contribution in [-0.4, -0.2) is 23.8 Å². The SMILES string of the molecule is CC(=O)OCCCC1=CCC[C@@]2(C)CCC3C[C@]12OC3(C)C. The minimum absolute atomic E-state index is 0.00985. The highest BCUT2D eigenvalue weighted by Crippen LogP contribution is 2.64. The molecular weight excluding hydrogens is 276 g/mol. The summed E-state index contributed by atoms with van der Waals surface area (Å²) >= 11 is 0. The summed E-state index contributed by atoms with van der Waals surface area (Å²) in [7, 11) is 0. The highest BCUT2D eigenvalue weighted by Gasteiger charge is 2.64. The zero-order valence-electron chi connectivity index (χ0n) is 14.5. The molecule has 1 saturated heterocycles. The van der Waals surface area contributed by atoms with E-state index in [2.05, 4.69) is 26.8 Å². The van der Waals surface area contributed by atoms with Gasteiger partial charge in [0.05, 0.1) is 17.8 Å². The first-order chi connectivity index (χ1) is 10.3. The van der Waals surface area contributed by atoms with Crippen LogP contribution in [0.2, 0.25) is 0 Å². The average Bonchev–Trinajstić information content (AvgIpc) is 2.66. The fraction of sp³-hybridized carbons (Fsp3) is 0.842. The molecule has 0 radical (unpaired) electrons. The summed E-state index contributed by atoms with van der Waals surface area (Å²) in [5, 5.41) is 0. The number of hydrogen-bond acceptors (Lipinski definition) is 3. The van der Waals surface area contributed by atoms with E-state index in [0.29, 0.717) is 12.5 Å². The third-order valence-electron chi connectivity index (χ3n) is 6.48. The van der Waals surface area contributed by atoms with Gasteiger partial charge in [-0.05, 0) is 70.3 Å². The molecule has 0 aromatic rings. The lowest BCUT2D eigenvalue weighted by Crippen LogP contribution is -2.51. The lowest BCUT2D eigenvalue weighted by molar-refractivity contribution is -0.141. The van der Waals surface area contributed by atoms with Crippen LogP contribution >= 0.6 is 0 Å². The standard InChI is InChI=1S/C19H30O3/c1-14(20)21-12-6-8-15-7-5-10-18(4)11-9-16-13-19(15,18)22-17(16,2)3/h7,16H,5-6,8-13H2,1-4H3/t16?,18-,19-/m0/s1. The molecule has 0 amide bonds. The molecule has 1 saturated carbocycles. The molecule has 3 nitrogen and oxygen atoms in total. The summed E-state index contributed by atoms with van der Waals surface area (Å²) in [4.78, 5) is 10.9. The Morgan fingerprint density at radius 2 is 2.14 bits per heavy atom. The molecule has 1 unspecified atom stereocenters. The fourth-order valence-electron chi connectivity index (χ4n) is 5.10. The molecule has 3 atom stereocenters. The Hall–Kier alpha value is -0.830. The van der Waals surface area contributed by atoms with Crippen molar-refractivity contribution in [2.75, 3.05) is 6.61 Å². The van der Waals surface area contributed by atoms with Gasteiger partial charge < -0.3 is 9.47 Å². The van der Waals surface area contributed by atoms with Crippen molar-refractivity contribution < 1.29 is 14.3 Å². The van der Waals surface area contributed by atoms with Gasteiger partial charge in [-0.3, -0.25) is 4.79 Å². The van der Waals surface area contributed by atoms with E-state index in [1.54, 1.807) is 0 Å². The number of rotatable bonds is 4. The van der Waals surface area contributed by atoms with Gasteiger partial charge in [0.15, 0.2) is 0 Å². The van der Waals surface area contributed by atoms with Crippen LogP contribution in [0.3, 0.4) is 0 Å². The third kappa shape index (κ3) is 2.42. The Labute approximate surface area is 134 Å². The fourth-order valence-corrected chi connectivity index (χ4v) is 5.10. The van der Waals surface area contributed by atoms with Crippen LogP contribution in [0.5, 0.6) is 0 Å². The molecule has 124 valence electrons. The van der Waals surface area contributed by atoms with E-state index in [0.717, 1.165) is 19.3 Å². The Balaban J connectivity index is 1.78. The predicted octanol–water partition coefficient (Wildman–Crippen LogP) is 4.40. The topological polar surface area (TPSA) is 35.5 Å². The predicted molar refractivity (Wildman–Crippen MR) is 86.5 cm³/mol. The van der Waals surface area contributed by atoms with E-state index in [1.165, 1.54) is 38.2 Å². The van der Waals surface area contributed by atoms with Crippen molar-refractivity contribution in [3.05, 3.63) is 11.6 Å². The van der Waals surface area contributed by atoms with Gasteiger partial charge in [-0.2, -0.15) is 0 Å². The Morgan fingerprint density at radius 3 is 2.86 bits per heavy atom. The van der Waals surface area contributed by atoms with Gasteiger partial charge in [-0.15, -0.1) is 0 Å². The third-order valence-corrected chi connectivity index (χ3v) is 6.48. The summed E-state index contributed by atoms with van der Waals surface area (Å²) in [5.74, 6) is 0.493. The van der Waals surface area contributed by atoms with Crippen molar-refractivity contribution in [2.45, 2.75) is 83.8 Å². The molecule has 1 heterocycles. The lowest BCUT2D eigenvalue weighted by atomic mass is 9.55. The molecule has 0 N–H and O–H groups in total. The van der Waals surface area contributed by atoms with E-state index in [-0.39, 0.29) is 22.6 Å². The molecule has 3 aliphatic rings. The molecular formula is C19H30O3. The maximum Gasteiger partial charge on any atom is 0.302 e. The van der Waals surface area contributed by atoms with Gasteiger partial charge in [0.2, 0.25) is 0 Å². The number of carbonyl (C=O) groups is 1. The molecule has 0 aromatic carbocycles. The van der Waals surface area contributed by atoms with Gasteiger partial charge >= 0.3 is 5.97 Å². The number of ether oxygens (including phenoxy) is 2. The largest absolute Gasteiger partial charge is 0.466 e. The van der Waals surface area contributed by atoms with Crippen LogP contribution in [0.1, 0.15) is 72.6 Å². The summed E-state index contributed by atoms with van der Waals surface area (Å²) < 4.78 is 11.9. The van der Waals surface area contributed by atoms with E-state index < -0.39 is 0 Å². The second kappa shape index (κ2) is 5.36. The van der Waals surface area contributed by atoms with Crippen molar-refractivity contribution >= 4 is 5.97 Å². The first-order valence-corrected chi connectivity index (χ1v) is 8.82. The molecule has 3 rings (SSSR count). The second-order valence-corrected chi connectivity index (χ2v) is 8.24. The van der Waals surface area contributed by atoms with Gasteiger partial charge in [-0.1, -0.05) is 13.0 Å². The zero-order valence-corrected chi connectivity index (χ0v) is 14.5. The van der Waals surface area contributed by atoms with Gasteiger partial charge in [0, 0.05) is 12.3 Å². The van der Waals surface area contributed by atoms with E-state index >= 15 is 0 Å². The average molecular weight is 306 g/mol. The molecule has 22 heavy (non-hydrogen) atoms. The van der Waals surface area contributed by atoms with Gasteiger partial charge in [0.25, 0.3) is 0 Å². The highest BCUT2D eigenvalue weighted by atomic mass is 16.5. The van der Waals surface area contributed by atoms with Crippen LogP contribution in [0.4, 0.5) is 0 Å². The Bertz CT molecular complexity index is 493. The van der Waals surface area contributed by atoms with Crippen LogP contribution in [0.15, 0.2) is 11.6 Å². The zero-order chi connectivity index (χ0) is 16.0. The van der Waals surface area contributed by atoms with Crippen molar-refractivity contribution in [2.24, 2.45) is 11.3 Å². The quantitative estimate of drug-likeness (QED) is 0.438. The molecule has 2 fully saturated rings. The monoisotopic (exact) mass is 306 g/mol. The van der Waals surface area contributed by atoms with E-state index in [1.807, 2.05) is 0 Å². The molecule has 2 bridgehead atoms. The van der Waals surface area contributed by atoms with Crippen molar-refractivity contribution in [1.82, 2.24) is 0 Å². The van der Waals surface area contributed by atoms with Crippen LogP contribution in [-0.2, 0) is 14.3 Å². The lowest BCUT2D eigenvalue weighted by Gasteiger charge is -2.52. The molecule has 1 aliphatic heterocycles. The normalized spacial score (nSPS) is 39.1. The number of allylic oxidation sites excluding steroid dienone is 1. The Morgan fingerprint density at radius 1 is 1.36 bits per heavy atom. The summed E-state index contributed by atoms with van der Waals surface area (Å²) in [6.45, 7) is 8.96. The number of esters is 1. The van der Waals surface area contributed by atoms with Gasteiger partial charge in [-0.25, -0.2) is 0 Å². The summed E-state index contributed by atoms with van der Waals surface area (Å²) in [6.07, 6.45) is 10.5. The van der Waals surface area contributed by atoms with E-state index in [9.17, 15) is 4.79 Å². The van der Waals surface area contributed by atoms with Crippen LogP contribution < -0.4 is 0 Å². The first-order valence-electron chi connectivity index (χ1n) is 8.82. The Kier molecular flexibility index (Phi) is 3.91. The number of fused-ring (bicyclic) bond motifs is 1. The van der Waals surface area contributed by atoms with Crippen molar-refractivity contribution in [3.63, 3.8) is 0 Å². The molecule has 0 aromatic heterocycles. The summed E-state index contributed by atoms with van der Waals surface area (Å²) in [6, 6.07) is 0. The van der Waals surface area contributed by atoms with Crippen LogP contribution in [0.25, 0.3) is 0 Å². The van der Waals surface area contributed by atoms with Gasteiger partial charge in [0.1, 0.15) is 0 Å². The van der Waals surface area contributed by atoms with Crippen LogP contribution in [0, 0.1) is 11.3 Å². The smallest absolute Gasteiger partial charge is 0.302 e. The second-order valence-electron chi connectivity index (χ2n) is 8.24. The van der Waals surface area contributed by atoms with Crippen molar-refractivity contribution in [1.29, 1.82) is 0 Å². The molecule has 2 aliphatic carbocycles. The molecule has 3 heteroatoms. The summed E-state index contributed by atoms with van der Waals surface area (Å²) in [5.41, 5.74) is 1.68. The number of hydrogen-bond donors (Lipinski definition) is 0. The maximum absolute atomic E-state index is 10.9. The first kappa shape index (κ1) is 16.0. The number of carbonyl (C=O) groups excluding carboxylic acids is 1. The van der Waals surface area contributed by atoms with Crippen molar-refractivity contribution in [3.8, 4) is 0 Å². The minimum atomic E-state index is -0.184. The minimum Gasteiger partial charge on any atom is -0.466 e.